The van der Waals surface area contributed by atoms with E-state index in [-0.39, 0.29) is 18.5 Å². The summed E-state index contributed by atoms with van der Waals surface area (Å²) in [4.78, 5) is 28.4. The molecule has 1 unspecified atom stereocenters. The molecule has 0 radical (unpaired) electrons. The van der Waals surface area contributed by atoms with Crippen molar-refractivity contribution in [3.05, 3.63) is 71.7 Å². The second kappa shape index (κ2) is 8.25. The van der Waals surface area contributed by atoms with Gasteiger partial charge >= 0.3 is 0 Å². The lowest BCUT2D eigenvalue weighted by Gasteiger charge is -2.25. The van der Waals surface area contributed by atoms with Gasteiger partial charge in [-0.3, -0.25) is 14.8 Å². The molecule has 0 aliphatic carbocycles. The molecule has 0 fully saturated rings. The Morgan fingerprint density at radius 1 is 1.17 bits per heavy atom. The fraction of sp³-hybridized carbons (Fsp3) is 0.250. The predicted molar refractivity (Wildman–Crippen MR) is 111 cm³/mol. The normalized spacial score (nSPS) is 13.6. The van der Waals surface area contributed by atoms with Crippen molar-refractivity contribution in [2.45, 2.75) is 24.6 Å². The SMILES string of the molecule is CC(CCn1ccc(-c2ccc(-n3ccnc3)cc2)cc1=O)(C(=O)NO)S(C)(=O)=O. The number of nitrogens with one attached hydrogen (secondary N) is 1. The largest absolute Gasteiger partial charge is 0.315 e. The smallest absolute Gasteiger partial charge is 0.264 e. The van der Waals surface area contributed by atoms with Crippen molar-refractivity contribution in [2.24, 2.45) is 0 Å². The van der Waals surface area contributed by atoms with Gasteiger partial charge in [0.15, 0.2) is 14.6 Å². The molecule has 10 heteroatoms. The summed E-state index contributed by atoms with van der Waals surface area (Å²) in [5.41, 5.74) is 3.57. The molecule has 2 aromatic heterocycles. The van der Waals surface area contributed by atoms with Gasteiger partial charge in [0.05, 0.1) is 6.33 Å². The molecule has 0 bridgehead atoms. The third kappa shape index (κ3) is 4.19. The maximum absolute atomic E-state index is 12.5. The number of hydrogen-bond acceptors (Lipinski definition) is 6. The first-order chi connectivity index (χ1) is 14.2. The van der Waals surface area contributed by atoms with E-state index in [1.54, 1.807) is 24.8 Å². The second-order valence-corrected chi connectivity index (χ2v) is 9.60. The minimum atomic E-state index is -3.83. The summed E-state index contributed by atoms with van der Waals surface area (Å²) in [6.07, 6.45) is 7.52. The van der Waals surface area contributed by atoms with Gasteiger partial charge in [-0.1, -0.05) is 12.1 Å². The van der Waals surface area contributed by atoms with Gasteiger partial charge in [-0.15, -0.1) is 0 Å². The Morgan fingerprint density at radius 3 is 2.40 bits per heavy atom. The molecule has 158 valence electrons. The molecule has 1 aromatic carbocycles. The molecule has 0 spiro atoms. The van der Waals surface area contributed by atoms with Crippen LogP contribution in [0, 0.1) is 0 Å². The second-order valence-electron chi connectivity index (χ2n) is 7.16. The maximum atomic E-state index is 12.5. The fourth-order valence-corrected chi connectivity index (χ4v) is 3.87. The number of pyridine rings is 1. The van der Waals surface area contributed by atoms with Crippen molar-refractivity contribution in [1.82, 2.24) is 19.6 Å². The van der Waals surface area contributed by atoms with Crippen LogP contribution < -0.4 is 11.0 Å². The highest BCUT2D eigenvalue weighted by atomic mass is 32.2. The van der Waals surface area contributed by atoms with E-state index in [0.717, 1.165) is 17.5 Å². The molecule has 30 heavy (non-hydrogen) atoms. The standard InChI is InChI=1S/C20H22N4O5S/c1-20(19(26)22-27,30(2,28)29)8-11-23-10-7-16(13-18(23)25)15-3-5-17(6-4-15)24-12-9-21-14-24/h3-7,9-10,12-14,27H,8,11H2,1-2H3,(H,22,26). The average molecular weight is 430 g/mol. The number of carbonyl (C=O) groups excluding carboxylic acids is 1. The topological polar surface area (TPSA) is 123 Å². The Hall–Kier alpha value is -3.24. The molecule has 2 heterocycles. The van der Waals surface area contributed by atoms with E-state index < -0.39 is 20.5 Å². The van der Waals surface area contributed by atoms with Crippen molar-refractivity contribution in [2.75, 3.05) is 6.26 Å². The lowest BCUT2D eigenvalue weighted by molar-refractivity contribution is -0.131. The van der Waals surface area contributed by atoms with Crippen LogP contribution in [0.4, 0.5) is 0 Å². The van der Waals surface area contributed by atoms with Crippen molar-refractivity contribution < 1.29 is 18.4 Å². The third-order valence-corrected chi connectivity index (χ3v) is 7.26. The summed E-state index contributed by atoms with van der Waals surface area (Å²) in [6, 6.07) is 10.8. The summed E-state index contributed by atoms with van der Waals surface area (Å²) < 4.78 is 25.4. The monoisotopic (exact) mass is 430 g/mol. The van der Waals surface area contributed by atoms with Gasteiger partial charge in [-0.2, -0.15) is 0 Å². The van der Waals surface area contributed by atoms with E-state index >= 15 is 0 Å². The first-order valence-corrected chi connectivity index (χ1v) is 11.0. The molecule has 3 aromatic rings. The number of imidazole rings is 1. The molecule has 1 amide bonds. The molecular formula is C20H22N4O5S. The number of aromatic nitrogens is 3. The number of benzene rings is 1. The first kappa shape index (κ1) is 21.5. The van der Waals surface area contributed by atoms with Gasteiger partial charge < -0.3 is 9.13 Å². The predicted octanol–water partition coefficient (Wildman–Crippen LogP) is 1.40. The third-order valence-electron chi connectivity index (χ3n) is 5.23. The summed E-state index contributed by atoms with van der Waals surface area (Å²) in [5.74, 6) is -1.03. The van der Waals surface area contributed by atoms with E-state index in [4.69, 9.17) is 5.21 Å². The van der Waals surface area contributed by atoms with Crippen LogP contribution in [-0.2, 0) is 21.2 Å². The van der Waals surface area contributed by atoms with Crippen LogP contribution in [0.1, 0.15) is 13.3 Å². The molecule has 1 atom stereocenters. The molecule has 0 aliphatic heterocycles. The molecule has 0 saturated heterocycles. The van der Waals surface area contributed by atoms with Crippen molar-refractivity contribution in [3.8, 4) is 16.8 Å². The Bertz CT molecular complexity index is 1200. The molecule has 9 nitrogen and oxygen atoms in total. The molecule has 3 rings (SSSR count). The highest BCUT2D eigenvalue weighted by Crippen LogP contribution is 2.23. The lowest BCUT2D eigenvalue weighted by Crippen LogP contribution is -2.49. The van der Waals surface area contributed by atoms with Gasteiger partial charge in [0.25, 0.3) is 11.5 Å². The zero-order chi connectivity index (χ0) is 21.9. The average Bonchev–Trinajstić information content (AvgIpc) is 3.26. The van der Waals surface area contributed by atoms with Gasteiger partial charge in [0.2, 0.25) is 0 Å². The van der Waals surface area contributed by atoms with Crippen molar-refractivity contribution in [1.29, 1.82) is 0 Å². The van der Waals surface area contributed by atoms with E-state index in [9.17, 15) is 18.0 Å². The zero-order valence-electron chi connectivity index (χ0n) is 16.5. The number of sulfone groups is 1. The number of rotatable bonds is 7. The highest BCUT2D eigenvalue weighted by molar-refractivity contribution is 7.92. The summed E-state index contributed by atoms with van der Waals surface area (Å²) in [7, 11) is -3.83. The molecule has 2 N–H and O–H groups in total. The number of amides is 1. The minimum Gasteiger partial charge on any atom is -0.315 e. The van der Waals surface area contributed by atoms with Crippen LogP contribution in [0.2, 0.25) is 0 Å². The van der Waals surface area contributed by atoms with Crippen LogP contribution in [0.15, 0.2) is 66.1 Å². The van der Waals surface area contributed by atoms with E-state index in [1.807, 2.05) is 35.0 Å². The van der Waals surface area contributed by atoms with Gasteiger partial charge in [-0.25, -0.2) is 18.9 Å². The Kier molecular flexibility index (Phi) is 5.90. The summed E-state index contributed by atoms with van der Waals surface area (Å²) >= 11 is 0. The maximum Gasteiger partial charge on any atom is 0.264 e. The number of aryl methyl sites for hydroxylation is 1. The summed E-state index contributed by atoms with van der Waals surface area (Å²) in [6.45, 7) is 1.21. The van der Waals surface area contributed by atoms with Crippen LogP contribution in [0.5, 0.6) is 0 Å². The van der Waals surface area contributed by atoms with E-state index in [2.05, 4.69) is 4.98 Å². The van der Waals surface area contributed by atoms with Crippen molar-refractivity contribution in [3.63, 3.8) is 0 Å². The Labute approximate surface area is 173 Å². The van der Waals surface area contributed by atoms with Gasteiger partial charge in [-0.05, 0) is 42.7 Å². The van der Waals surface area contributed by atoms with E-state index in [0.29, 0.717) is 5.56 Å². The number of hydroxylamine groups is 1. The van der Waals surface area contributed by atoms with E-state index in [1.165, 1.54) is 23.0 Å². The number of hydrogen-bond donors (Lipinski definition) is 2. The number of nitrogens with zero attached hydrogens (tertiary/aromatic N) is 3. The number of carbonyl (C=O) groups is 1. The molecule has 0 aliphatic rings. The highest BCUT2D eigenvalue weighted by Gasteiger charge is 2.43. The quantitative estimate of drug-likeness (QED) is 0.431. The molecule has 0 saturated carbocycles. The van der Waals surface area contributed by atoms with Crippen LogP contribution in [0.3, 0.4) is 0 Å². The molecular weight excluding hydrogens is 408 g/mol. The fourth-order valence-electron chi connectivity index (χ4n) is 3.03. The Morgan fingerprint density at radius 2 is 1.87 bits per heavy atom. The van der Waals surface area contributed by atoms with Gasteiger partial charge in [0.1, 0.15) is 0 Å². The van der Waals surface area contributed by atoms with Crippen LogP contribution in [0.25, 0.3) is 16.8 Å². The van der Waals surface area contributed by atoms with Crippen molar-refractivity contribution >= 4 is 15.7 Å². The van der Waals surface area contributed by atoms with Gasteiger partial charge in [0, 0.05) is 43.1 Å². The minimum absolute atomic E-state index is 0.00430. The van der Waals surface area contributed by atoms with Crippen LogP contribution >= 0.6 is 0 Å². The Balaban J connectivity index is 1.80. The summed E-state index contributed by atoms with van der Waals surface area (Å²) in [5, 5.41) is 8.89. The van der Waals surface area contributed by atoms with Crippen LogP contribution in [-0.4, -0.2) is 44.7 Å². The lowest BCUT2D eigenvalue weighted by atomic mass is 10.1. The first-order valence-electron chi connectivity index (χ1n) is 9.09. The zero-order valence-corrected chi connectivity index (χ0v) is 17.3.